The zero-order chi connectivity index (χ0) is 18.8. The van der Waals surface area contributed by atoms with Crippen molar-refractivity contribution in [1.82, 2.24) is 14.8 Å². The number of hydrogen-bond acceptors (Lipinski definition) is 4. The van der Waals surface area contributed by atoms with Gasteiger partial charge in [0.25, 0.3) is 5.91 Å². The average Bonchev–Trinajstić information content (AvgIpc) is 3.10. The van der Waals surface area contributed by atoms with Crippen LogP contribution in [0.1, 0.15) is 16.1 Å². The molecule has 0 bridgehead atoms. The Labute approximate surface area is 156 Å². The molecule has 1 amide bonds. The van der Waals surface area contributed by atoms with Gasteiger partial charge in [0.2, 0.25) is 0 Å². The number of methoxy groups -OCH3 is 1. The first-order chi connectivity index (χ1) is 13.2. The van der Waals surface area contributed by atoms with Gasteiger partial charge in [-0.3, -0.25) is 9.78 Å². The second-order valence-electron chi connectivity index (χ2n) is 6.10. The first kappa shape index (κ1) is 16.8. The van der Waals surface area contributed by atoms with E-state index in [9.17, 15) is 4.79 Å². The molecule has 0 fully saturated rings. The molecule has 6 nitrogen and oxygen atoms in total. The van der Waals surface area contributed by atoms with E-state index in [2.05, 4.69) is 15.4 Å². The molecule has 134 valence electrons. The van der Waals surface area contributed by atoms with Gasteiger partial charge in [-0.05, 0) is 31.2 Å². The van der Waals surface area contributed by atoms with E-state index in [-0.39, 0.29) is 5.91 Å². The molecule has 4 aromatic rings. The molecule has 0 radical (unpaired) electrons. The van der Waals surface area contributed by atoms with E-state index >= 15 is 0 Å². The summed E-state index contributed by atoms with van der Waals surface area (Å²) in [7, 11) is 1.59. The van der Waals surface area contributed by atoms with Crippen molar-refractivity contribution < 1.29 is 9.53 Å². The summed E-state index contributed by atoms with van der Waals surface area (Å²) in [6, 6.07) is 17.1. The average molecular weight is 358 g/mol. The summed E-state index contributed by atoms with van der Waals surface area (Å²) < 4.78 is 7.09. The quantitative estimate of drug-likeness (QED) is 0.599. The van der Waals surface area contributed by atoms with Crippen LogP contribution in [0.4, 0.5) is 5.69 Å². The summed E-state index contributed by atoms with van der Waals surface area (Å²) in [6.45, 7) is 1.87. The van der Waals surface area contributed by atoms with Crippen LogP contribution in [-0.4, -0.2) is 27.8 Å². The Hall–Kier alpha value is -3.67. The van der Waals surface area contributed by atoms with Crippen LogP contribution in [-0.2, 0) is 0 Å². The molecule has 2 aromatic heterocycles. The summed E-state index contributed by atoms with van der Waals surface area (Å²) in [5, 5.41) is 8.20. The number of anilines is 1. The molecule has 27 heavy (non-hydrogen) atoms. The van der Waals surface area contributed by atoms with Gasteiger partial charge in [0.15, 0.2) is 0 Å². The highest BCUT2D eigenvalue weighted by molar-refractivity contribution is 6.09. The van der Waals surface area contributed by atoms with Crippen LogP contribution in [0.2, 0.25) is 0 Å². The van der Waals surface area contributed by atoms with E-state index in [4.69, 9.17) is 4.74 Å². The van der Waals surface area contributed by atoms with Crippen molar-refractivity contribution in [2.45, 2.75) is 6.92 Å². The summed E-state index contributed by atoms with van der Waals surface area (Å²) >= 11 is 0. The predicted octanol–water partition coefficient (Wildman–Crippen LogP) is 3.99. The van der Waals surface area contributed by atoms with Crippen LogP contribution in [0.15, 0.2) is 67.0 Å². The second-order valence-corrected chi connectivity index (χ2v) is 6.10. The third kappa shape index (κ3) is 3.13. The van der Waals surface area contributed by atoms with Crippen molar-refractivity contribution in [1.29, 1.82) is 0 Å². The number of carbonyl (C=O) groups excluding carboxylic acids is 1. The molecule has 0 saturated heterocycles. The largest absolute Gasteiger partial charge is 0.497 e. The van der Waals surface area contributed by atoms with Crippen LogP contribution in [0.25, 0.3) is 16.6 Å². The van der Waals surface area contributed by atoms with E-state index in [0.717, 1.165) is 16.8 Å². The zero-order valence-electron chi connectivity index (χ0n) is 15.0. The Morgan fingerprint density at radius 3 is 2.70 bits per heavy atom. The fourth-order valence-electron chi connectivity index (χ4n) is 3.03. The van der Waals surface area contributed by atoms with E-state index in [1.54, 1.807) is 30.3 Å². The number of fused-ring (bicyclic) bond motifs is 1. The molecule has 0 spiro atoms. The summed E-state index contributed by atoms with van der Waals surface area (Å²) in [5.41, 5.74) is 3.48. The Kier molecular flexibility index (Phi) is 4.30. The van der Waals surface area contributed by atoms with Crippen molar-refractivity contribution in [3.05, 3.63) is 78.2 Å². The number of nitrogens with zero attached hydrogens (tertiary/aromatic N) is 3. The van der Waals surface area contributed by atoms with Gasteiger partial charge in [-0.2, -0.15) is 5.10 Å². The molecule has 2 aromatic carbocycles. The lowest BCUT2D eigenvalue weighted by molar-refractivity contribution is 0.102. The number of benzene rings is 2. The first-order valence-electron chi connectivity index (χ1n) is 8.51. The lowest BCUT2D eigenvalue weighted by atomic mass is 10.1. The third-order valence-corrected chi connectivity index (χ3v) is 4.42. The predicted molar refractivity (Wildman–Crippen MR) is 105 cm³/mol. The van der Waals surface area contributed by atoms with Gasteiger partial charge in [-0.25, -0.2) is 4.68 Å². The van der Waals surface area contributed by atoms with Crippen LogP contribution < -0.4 is 10.1 Å². The first-order valence-corrected chi connectivity index (χ1v) is 8.51. The van der Waals surface area contributed by atoms with Gasteiger partial charge in [0, 0.05) is 17.6 Å². The van der Waals surface area contributed by atoms with Gasteiger partial charge >= 0.3 is 0 Å². The van der Waals surface area contributed by atoms with Crippen molar-refractivity contribution >= 4 is 22.5 Å². The zero-order valence-corrected chi connectivity index (χ0v) is 15.0. The van der Waals surface area contributed by atoms with Gasteiger partial charge in [0.1, 0.15) is 5.75 Å². The minimum absolute atomic E-state index is 0.241. The normalized spacial score (nSPS) is 10.7. The lowest BCUT2D eigenvalue weighted by Crippen LogP contribution is -2.13. The minimum Gasteiger partial charge on any atom is -0.497 e. The van der Waals surface area contributed by atoms with Crippen molar-refractivity contribution in [2.24, 2.45) is 0 Å². The number of pyridine rings is 1. The number of ether oxygens (including phenoxy) is 1. The SMILES string of the molecule is COc1cc(NC(=O)c2cnn(-c3ccccc3)c2C)c2ncccc2c1. The number of amides is 1. The van der Waals surface area contributed by atoms with Gasteiger partial charge in [-0.15, -0.1) is 0 Å². The minimum atomic E-state index is -0.241. The smallest absolute Gasteiger partial charge is 0.259 e. The summed E-state index contributed by atoms with van der Waals surface area (Å²) in [5.74, 6) is 0.414. The van der Waals surface area contributed by atoms with Crippen molar-refractivity contribution in [3.63, 3.8) is 0 Å². The summed E-state index contributed by atoms with van der Waals surface area (Å²) in [4.78, 5) is 17.3. The summed E-state index contributed by atoms with van der Waals surface area (Å²) in [6.07, 6.45) is 3.27. The number of rotatable bonds is 4. The van der Waals surface area contributed by atoms with Crippen LogP contribution in [0.3, 0.4) is 0 Å². The third-order valence-electron chi connectivity index (χ3n) is 4.42. The Morgan fingerprint density at radius 1 is 1.11 bits per heavy atom. The van der Waals surface area contributed by atoms with Gasteiger partial charge < -0.3 is 10.1 Å². The fourth-order valence-corrected chi connectivity index (χ4v) is 3.03. The molecular weight excluding hydrogens is 340 g/mol. The van der Waals surface area contributed by atoms with E-state index in [1.807, 2.05) is 55.5 Å². The molecular formula is C21H18N4O2. The van der Waals surface area contributed by atoms with E-state index < -0.39 is 0 Å². The van der Waals surface area contributed by atoms with Crippen LogP contribution in [0.5, 0.6) is 5.75 Å². The molecule has 2 heterocycles. The topological polar surface area (TPSA) is 69.0 Å². The fraction of sp³-hybridized carbons (Fsp3) is 0.0952. The van der Waals surface area contributed by atoms with Crippen molar-refractivity contribution in [2.75, 3.05) is 12.4 Å². The highest BCUT2D eigenvalue weighted by Gasteiger charge is 2.17. The molecule has 4 rings (SSSR count). The Balaban J connectivity index is 1.70. The second kappa shape index (κ2) is 6.92. The Bertz CT molecular complexity index is 1120. The number of carbonyl (C=O) groups is 1. The Morgan fingerprint density at radius 2 is 1.93 bits per heavy atom. The highest BCUT2D eigenvalue weighted by Crippen LogP contribution is 2.28. The molecule has 0 atom stereocenters. The van der Waals surface area contributed by atoms with Crippen LogP contribution in [0, 0.1) is 6.92 Å². The maximum atomic E-state index is 12.9. The number of aromatic nitrogens is 3. The van der Waals surface area contributed by atoms with E-state index in [0.29, 0.717) is 22.5 Å². The lowest BCUT2D eigenvalue weighted by Gasteiger charge is -2.10. The number of hydrogen-bond donors (Lipinski definition) is 1. The van der Waals surface area contributed by atoms with Gasteiger partial charge in [-0.1, -0.05) is 24.3 Å². The van der Waals surface area contributed by atoms with E-state index in [1.165, 1.54) is 0 Å². The maximum absolute atomic E-state index is 12.9. The molecule has 0 unspecified atom stereocenters. The molecule has 6 heteroatoms. The molecule has 1 N–H and O–H groups in total. The van der Waals surface area contributed by atoms with Crippen LogP contribution >= 0.6 is 0 Å². The molecule has 0 aliphatic heterocycles. The molecule has 0 saturated carbocycles. The maximum Gasteiger partial charge on any atom is 0.259 e. The monoisotopic (exact) mass is 358 g/mol. The number of nitrogens with one attached hydrogen (secondary N) is 1. The standard InChI is InChI=1S/C21H18N4O2/c1-14-18(13-23-25(14)16-8-4-3-5-9-16)21(26)24-19-12-17(27-2)11-15-7-6-10-22-20(15)19/h3-13H,1-2H3,(H,24,26). The molecule has 0 aliphatic carbocycles. The van der Waals surface area contributed by atoms with Crippen molar-refractivity contribution in [3.8, 4) is 11.4 Å². The number of para-hydroxylation sites is 1. The van der Waals surface area contributed by atoms with Gasteiger partial charge in [0.05, 0.1) is 41.5 Å². The highest BCUT2D eigenvalue weighted by atomic mass is 16.5. The molecule has 0 aliphatic rings.